The Balaban J connectivity index is 1.38. The first-order valence-corrected chi connectivity index (χ1v) is 11.3. The van der Waals surface area contributed by atoms with Crippen molar-refractivity contribution in [2.75, 3.05) is 20.2 Å². The molecule has 7 heteroatoms. The fourth-order valence-corrected chi connectivity index (χ4v) is 5.05. The Morgan fingerprint density at radius 2 is 1.84 bits per heavy atom. The molecule has 2 fully saturated rings. The van der Waals surface area contributed by atoms with Gasteiger partial charge in [-0.1, -0.05) is 36.4 Å². The normalized spacial score (nSPS) is 21.9. The van der Waals surface area contributed by atoms with Gasteiger partial charge < -0.3 is 15.2 Å². The molecule has 1 atom stereocenters. The van der Waals surface area contributed by atoms with E-state index in [1.807, 2.05) is 30.3 Å². The molecule has 2 aliphatic heterocycles. The van der Waals surface area contributed by atoms with E-state index in [0.29, 0.717) is 12.2 Å². The van der Waals surface area contributed by atoms with E-state index in [0.717, 1.165) is 50.9 Å². The summed E-state index contributed by atoms with van der Waals surface area (Å²) < 4.78 is 5.21. The van der Waals surface area contributed by atoms with Crippen molar-refractivity contribution in [1.29, 1.82) is 0 Å². The lowest BCUT2D eigenvalue weighted by molar-refractivity contribution is -0.127. The highest BCUT2D eigenvalue weighted by Gasteiger charge is 2.51. The average molecular weight is 438 g/mol. The van der Waals surface area contributed by atoms with Crippen molar-refractivity contribution in [2.45, 2.75) is 44.2 Å². The van der Waals surface area contributed by atoms with Crippen molar-refractivity contribution in [3.63, 3.8) is 0 Å². The number of amides is 3. The molecular formula is C25H31N3O4. The molecule has 0 bridgehead atoms. The van der Waals surface area contributed by atoms with E-state index in [1.54, 1.807) is 13.2 Å². The number of likely N-dealkylation sites (tertiary alicyclic amines) is 1. The first kappa shape index (κ1) is 22.1. The molecule has 2 aliphatic rings. The van der Waals surface area contributed by atoms with Gasteiger partial charge in [0.25, 0.3) is 5.91 Å². The molecule has 3 amide bonds. The number of imide groups is 1. The molecule has 2 saturated heterocycles. The maximum Gasteiger partial charge on any atom is 0.322 e. The van der Waals surface area contributed by atoms with E-state index in [1.165, 1.54) is 5.56 Å². The number of benzene rings is 2. The number of ether oxygens (including phenoxy) is 1. The Kier molecular flexibility index (Phi) is 6.65. The third-order valence-electron chi connectivity index (χ3n) is 6.78. The number of hydrogen-bond donors (Lipinski definition) is 3. The van der Waals surface area contributed by atoms with E-state index in [2.05, 4.69) is 27.7 Å². The second kappa shape index (κ2) is 9.61. The van der Waals surface area contributed by atoms with Gasteiger partial charge in [-0.2, -0.15) is 0 Å². The molecule has 0 unspecified atom stereocenters. The number of urea groups is 1. The predicted octanol–water partition coefficient (Wildman–Crippen LogP) is 3.21. The SMILES string of the molecule is COc1cc(CN2CCC([C@@]3(CCCc4ccccc4)NC(=O)NC3=O)CC2)ccc1O. The molecule has 2 aromatic carbocycles. The Morgan fingerprint density at radius 3 is 2.50 bits per heavy atom. The predicted molar refractivity (Wildman–Crippen MR) is 121 cm³/mol. The van der Waals surface area contributed by atoms with Crippen molar-refractivity contribution in [3.05, 3.63) is 59.7 Å². The van der Waals surface area contributed by atoms with Crippen molar-refractivity contribution in [3.8, 4) is 11.5 Å². The largest absolute Gasteiger partial charge is 0.504 e. The summed E-state index contributed by atoms with van der Waals surface area (Å²) in [5, 5.41) is 15.3. The lowest BCUT2D eigenvalue weighted by Crippen LogP contribution is -2.56. The van der Waals surface area contributed by atoms with Crippen molar-refractivity contribution in [2.24, 2.45) is 5.92 Å². The van der Waals surface area contributed by atoms with Crippen molar-refractivity contribution >= 4 is 11.9 Å². The molecule has 0 saturated carbocycles. The van der Waals surface area contributed by atoms with E-state index in [4.69, 9.17) is 4.74 Å². The van der Waals surface area contributed by atoms with Crippen LogP contribution in [0.2, 0.25) is 0 Å². The fraction of sp³-hybridized carbons (Fsp3) is 0.440. The zero-order valence-electron chi connectivity index (χ0n) is 18.5. The lowest BCUT2D eigenvalue weighted by Gasteiger charge is -2.40. The van der Waals surface area contributed by atoms with Crippen LogP contribution in [0.5, 0.6) is 11.5 Å². The van der Waals surface area contributed by atoms with Gasteiger partial charge in [0.1, 0.15) is 5.54 Å². The van der Waals surface area contributed by atoms with Crippen LogP contribution in [0.1, 0.15) is 36.8 Å². The van der Waals surface area contributed by atoms with Gasteiger partial charge in [-0.25, -0.2) is 4.79 Å². The second-order valence-electron chi connectivity index (χ2n) is 8.78. The van der Waals surface area contributed by atoms with Crippen LogP contribution in [-0.4, -0.2) is 47.7 Å². The molecule has 7 nitrogen and oxygen atoms in total. The van der Waals surface area contributed by atoms with Crippen LogP contribution in [0.15, 0.2) is 48.5 Å². The monoisotopic (exact) mass is 437 g/mol. The molecule has 0 aliphatic carbocycles. The van der Waals surface area contributed by atoms with Gasteiger partial charge in [0.15, 0.2) is 11.5 Å². The molecule has 0 aromatic heterocycles. The minimum atomic E-state index is -0.820. The van der Waals surface area contributed by atoms with E-state index >= 15 is 0 Å². The van der Waals surface area contributed by atoms with Crippen LogP contribution in [0.4, 0.5) is 4.79 Å². The zero-order chi connectivity index (χ0) is 22.6. The standard InChI is InChI=1S/C25H31N3O4/c1-32-22-16-19(9-10-21(22)29)17-28-14-11-20(12-15-28)25(23(30)26-24(31)27-25)13-5-8-18-6-3-2-4-7-18/h2-4,6-7,9-10,16,20,29H,5,8,11-15,17H2,1H3,(H2,26,27,30,31)/t25-/m1/s1. The highest BCUT2D eigenvalue weighted by atomic mass is 16.5. The van der Waals surface area contributed by atoms with Crippen LogP contribution >= 0.6 is 0 Å². The molecular weight excluding hydrogens is 406 g/mol. The molecule has 0 spiro atoms. The van der Waals surface area contributed by atoms with Gasteiger partial charge in [0.05, 0.1) is 7.11 Å². The van der Waals surface area contributed by atoms with E-state index in [-0.39, 0.29) is 23.6 Å². The minimum absolute atomic E-state index is 0.107. The second-order valence-corrected chi connectivity index (χ2v) is 8.78. The van der Waals surface area contributed by atoms with E-state index < -0.39 is 5.54 Å². The third-order valence-corrected chi connectivity index (χ3v) is 6.78. The Labute approximate surface area is 188 Å². The number of piperidine rings is 1. The summed E-state index contributed by atoms with van der Waals surface area (Å²) >= 11 is 0. The zero-order valence-corrected chi connectivity index (χ0v) is 18.5. The molecule has 4 rings (SSSR count). The maximum absolute atomic E-state index is 12.9. The summed E-state index contributed by atoms with van der Waals surface area (Å²) in [6.45, 7) is 2.44. The van der Waals surface area contributed by atoms with Gasteiger partial charge in [-0.3, -0.25) is 15.0 Å². The number of aromatic hydroxyl groups is 1. The minimum Gasteiger partial charge on any atom is -0.504 e. The summed E-state index contributed by atoms with van der Waals surface area (Å²) in [5.41, 5.74) is 1.49. The van der Waals surface area contributed by atoms with Crippen LogP contribution < -0.4 is 15.4 Å². The number of carbonyl (C=O) groups is 2. The summed E-state index contributed by atoms with van der Waals surface area (Å²) in [6.07, 6.45) is 4.04. The fourth-order valence-electron chi connectivity index (χ4n) is 5.05. The highest BCUT2D eigenvalue weighted by Crippen LogP contribution is 2.35. The third kappa shape index (κ3) is 4.72. The van der Waals surface area contributed by atoms with Gasteiger partial charge >= 0.3 is 6.03 Å². The van der Waals surface area contributed by atoms with Crippen molar-refractivity contribution in [1.82, 2.24) is 15.5 Å². The van der Waals surface area contributed by atoms with Crippen molar-refractivity contribution < 1.29 is 19.4 Å². The lowest BCUT2D eigenvalue weighted by atomic mass is 9.74. The molecule has 32 heavy (non-hydrogen) atoms. The molecule has 3 N–H and O–H groups in total. The number of nitrogens with one attached hydrogen (secondary N) is 2. The summed E-state index contributed by atoms with van der Waals surface area (Å²) in [5.74, 6) is 0.531. The molecule has 2 aromatic rings. The molecule has 170 valence electrons. The smallest absolute Gasteiger partial charge is 0.322 e. The first-order chi connectivity index (χ1) is 15.5. The van der Waals surface area contributed by atoms with E-state index in [9.17, 15) is 14.7 Å². The first-order valence-electron chi connectivity index (χ1n) is 11.3. The topological polar surface area (TPSA) is 90.9 Å². The molecule has 2 heterocycles. The van der Waals surface area contributed by atoms with Crippen LogP contribution in [0.3, 0.4) is 0 Å². The van der Waals surface area contributed by atoms with Gasteiger partial charge in [0.2, 0.25) is 0 Å². The number of hydrogen-bond acceptors (Lipinski definition) is 5. The summed E-state index contributed by atoms with van der Waals surface area (Å²) in [6, 6.07) is 15.3. The number of nitrogens with zero attached hydrogens (tertiary/aromatic N) is 1. The number of carbonyl (C=O) groups excluding carboxylic acids is 2. The molecule has 0 radical (unpaired) electrons. The van der Waals surface area contributed by atoms with Crippen LogP contribution in [0.25, 0.3) is 0 Å². The number of phenolic OH excluding ortho intramolecular Hbond substituents is 1. The summed E-state index contributed by atoms with van der Waals surface area (Å²) in [4.78, 5) is 27.3. The van der Waals surface area contributed by atoms with Gasteiger partial charge in [-0.15, -0.1) is 0 Å². The van der Waals surface area contributed by atoms with Gasteiger partial charge in [-0.05, 0) is 74.4 Å². The Bertz CT molecular complexity index is 957. The Morgan fingerprint density at radius 1 is 1.09 bits per heavy atom. The Hall–Kier alpha value is -3.06. The van der Waals surface area contributed by atoms with Crippen LogP contribution in [0, 0.1) is 5.92 Å². The quantitative estimate of drug-likeness (QED) is 0.552. The maximum atomic E-state index is 12.9. The highest BCUT2D eigenvalue weighted by molar-refractivity contribution is 6.07. The summed E-state index contributed by atoms with van der Waals surface area (Å²) in [7, 11) is 1.54. The average Bonchev–Trinajstić information content (AvgIpc) is 3.10. The van der Waals surface area contributed by atoms with Crippen LogP contribution in [-0.2, 0) is 17.8 Å². The number of aryl methyl sites for hydroxylation is 1. The van der Waals surface area contributed by atoms with Gasteiger partial charge in [0, 0.05) is 6.54 Å². The number of rotatable bonds is 8. The number of methoxy groups -OCH3 is 1. The number of phenols is 1.